The minimum Gasteiger partial charge on any atom is -0.265 e. The van der Waals surface area contributed by atoms with Gasteiger partial charge in [-0.15, -0.1) is 0 Å². The van der Waals surface area contributed by atoms with Crippen LogP contribution >= 0.6 is 0 Å². The molecular weight excluding hydrogens is 188 g/mol. The summed E-state index contributed by atoms with van der Waals surface area (Å²) in [5.74, 6) is -0.872. The van der Waals surface area contributed by atoms with Gasteiger partial charge in [-0.3, -0.25) is 4.98 Å². The Morgan fingerprint density at radius 3 is 2.43 bits per heavy atom. The summed E-state index contributed by atoms with van der Waals surface area (Å²) in [6.07, 6.45) is 3.06. The van der Waals surface area contributed by atoms with Crippen LogP contribution in [0, 0.1) is 12.0 Å². The number of aromatic nitrogens is 3. The van der Waals surface area contributed by atoms with Gasteiger partial charge in [-0.05, 0) is 17.7 Å². The van der Waals surface area contributed by atoms with Crippen LogP contribution in [0.2, 0.25) is 0 Å². The van der Waals surface area contributed by atoms with Gasteiger partial charge in [-0.25, -0.2) is 4.98 Å². The normalized spacial score (nSPS) is 10.1. The predicted octanol–water partition coefficient (Wildman–Crippen LogP) is 1.82. The second kappa shape index (κ2) is 3.45. The molecule has 0 saturated heterocycles. The van der Waals surface area contributed by atoms with Crippen molar-refractivity contribution in [3.8, 4) is 11.1 Å². The number of nitrogens with zero attached hydrogens (tertiary/aromatic N) is 3. The molecule has 0 aliphatic carbocycles. The van der Waals surface area contributed by atoms with Gasteiger partial charge in [0.2, 0.25) is 5.95 Å². The van der Waals surface area contributed by atoms with Crippen molar-refractivity contribution in [1.82, 2.24) is 15.0 Å². The van der Waals surface area contributed by atoms with Gasteiger partial charge in [0.1, 0.15) is 0 Å². The molecular formula is C9H5F2N3. The quantitative estimate of drug-likeness (QED) is 0.512. The molecule has 0 aromatic carbocycles. The number of pyridine rings is 1. The fraction of sp³-hybridized carbons (Fsp3) is 0. The maximum absolute atomic E-state index is 13.1. The van der Waals surface area contributed by atoms with E-state index in [1.165, 1.54) is 12.4 Å². The first-order valence-corrected chi connectivity index (χ1v) is 3.86. The monoisotopic (exact) mass is 193 g/mol. The average molecular weight is 193 g/mol. The van der Waals surface area contributed by atoms with Crippen molar-refractivity contribution in [1.29, 1.82) is 0 Å². The second-order valence-electron chi connectivity index (χ2n) is 2.58. The Labute approximate surface area is 78.5 Å². The van der Waals surface area contributed by atoms with Crippen LogP contribution < -0.4 is 0 Å². The smallest absolute Gasteiger partial charge is 0.265 e. The number of hydrogen-bond acceptors (Lipinski definition) is 3. The lowest BCUT2D eigenvalue weighted by Crippen LogP contribution is -1.95. The third-order valence-electron chi connectivity index (χ3n) is 1.70. The molecule has 2 aromatic rings. The Balaban J connectivity index is 2.53. The summed E-state index contributed by atoms with van der Waals surface area (Å²) in [4.78, 5) is 10.0. The predicted molar refractivity (Wildman–Crippen MR) is 45.2 cm³/mol. The molecule has 2 rings (SSSR count). The highest BCUT2D eigenvalue weighted by Crippen LogP contribution is 2.18. The van der Waals surface area contributed by atoms with E-state index in [4.69, 9.17) is 0 Å². The highest BCUT2D eigenvalue weighted by Gasteiger charge is 2.07. The van der Waals surface area contributed by atoms with Crippen molar-refractivity contribution < 1.29 is 8.78 Å². The van der Waals surface area contributed by atoms with E-state index in [0.717, 1.165) is 6.20 Å². The molecule has 0 bridgehead atoms. The zero-order chi connectivity index (χ0) is 9.97. The summed E-state index contributed by atoms with van der Waals surface area (Å²) in [5.41, 5.74) is 0.728. The first-order valence-electron chi connectivity index (χ1n) is 3.86. The second-order valence-corrected chi connectivity index (χ2v) is 2.58. The van der Waals surface area contributed by atoms with Crippen LogP contribution in [0.1, 0.15) is 0 Å². The average Bonchev–Trinajstić information content (AvgIpc) is 2.19. The molecule has 0 N–H and O–H groups in total. The molecule has 2 aromatic heterocycles. The van der Waals surface area contributed by atoms with Crippen LogP contribution in [0.3, 0.4) is 0 Å². The van der Waals surface area contributed by atoms with E-state index in [1.54, 1.807) is 12.1 Å². The van der Waals surface area contributed by atoms with E-state index >= 15 is 0 Å². The lowest BCUT2D eigenvalue weighted by Gasteiger charge is -2.00. The van der Waals surface area contributed by atoms with Crippen molar-refractivity contribution in [3.63, 3.8) is 0 Å². The molecule has 0 amide bonds. The van der Waals surface area contributed by atoms with E-state index in [-0.39, 0.29) is 5.56 Å². The van der Waals surface area contributed by atoms with Crippen LogP contribution in [0.15, 0.2) is 30.7 Å². The highest BCUT2D eigenvalue weighted by molar-refractivity contribution is 5.60. The molecule has 2 heterocycles. The molecule has 0 radical (unpaired) electrons. The van der Waals surface area contributed by atoms with Crippen molar-refractivity contribution in [2.45, 2.75) is 0 Å². The summed E-state index contributed by atoms with van der Waals surface area (Å²) in [7, 11) is 0. The van der Waals surface area contributed by atoms with Gasteiger partial charge >= 0.3 is 6.08 Å². The molecule has 0 spiro atoms. The molecule has 70 valence electrons. The Bertz CT molecular complexity index is 445. The van der Waals surface area contributed by atoms with Crippen LogP contribution in [0.25, 0.3) is 11.1 Å². The molecule has 3 nitrogen and oxygen atoms in total. The van der Waals surface area contributed by atoms with Crippen LogP contribution in [-0.2, 0) is 0 Å². The summed E-state index contributed by atoms with van der Waals surface area (Å²) < 4.78 is 25.5. The van der Waals surface area contributed by atoms with Crippen molar-refractivity contribution >= 4 is 0 Å². The van der Waals surface area contributed by atoms with E-state index in [1.807, 2.05) is 0 Å². The molecule has 0 fully saturated rings. The van der Waals surface area contributed by atoms with Gasteiger partial charge in [0.15, 0.2) is 0 Å². The largest absolute Gasteiger partial charge is 0.311 e. The number of rotatable bonds is 1. The van der Waals surface area contributed by atoms with Crippen LogP contribution in [-0.4, -0.2) is 15.0 Å². The lowest BCUT2D eigenvalue weighted by molar-refractivity contribution is 0.485. The third-order valence-corrected chi connectivity index (χ3v) is 1.70. The minimum atomic E-state index is -1.07. The van der Waals surface area contributed by atoms with Crippen molar-refractivity contribution in [2.75, 3.05) is 0 Å². The minimum absolute atomic E-state index is 0.161. The van der Waals surface area contributed by atoms with Crippen molar-refractivity contribution in [3.05, 3.63) is 42.7 Å². The first kappa shape index (κ1) is 8.68. The maximum Gasteiger partial charge on any atom is 0.311 e. The van der Waals surface area contributed by atoms with Gasteiger partial charge < -0.3 is 0 Å². The molecule has 0 aliphatic rings. The fourth-order valence-electron chi connectivity index (χ4n) is 1.07. The van der Waals surface area contributed by atoms with E-state index < -0.39 is 12.0 Å². The van der Waals surface area contributed by atoms with E-state index in [0.29, 0.717) is 5.56 Å². The molecule has 0 aliphatic heterocycles. The lowest BCUT2D eigenvalue weighted by atomic mass is 10.1. The molecule has 0 saturated carbocycles. The zero-order valence-corrected chi connectivity index (χ0v) is 6.98. The Hall–Kier alpha value is -1.91. The molecule has 5 heteroatoms. The van der Waals surface area contributed by atoms with Gasteiger partial charge in [-0.2, -0.15) is 13.8 Å². The maximum atomic E-state index is 13.1. The highest BCUT2D eigenvalue weighted by atomic mass is 19.1. The summed E-state index contributed by atoms with van der Waals surface area (Å²) in [6.45, 7) is 0. The molecule has 0 unspecified atom stereocenters. The third kappa shape index (κ3) is 1.56. The summed E-state index contributed by atoms with van der Waals surface area (Å²) >= 11 is 0. The van der Waals surface area contributed by atoms with E-state index in [2.05, 4.69) is 15.0 Å². The van der Waals surface area contributed by atoms with Crippen molar-refractivity contribution in [2.24, 2.45) is 0 Å². The Morgan fingerprint density at radius 2 is 1.79 bits per heavy atom. The van der Waals surface area contributed by atoms with Gasteiger partial charge in [0.05, 0.1) is 5.56 Å². The Kier molecular flexibility index (Phi) is 2.14. The standard InChI is InChI=1S/C9H5F2N3/c10-8-7(5-13-9(11)14-8)6-1-3-12-4-2-6/h1-5H. The first-order chi connectivity index (χ1) is 6.77. The fourth-order valence-corrected chi connectivity index (χ4v) is 1.07. The number of halogens is 2. The summed E-state index contributed by atoms with van der Waals surface area (Å²) in [6, 6.07) is 3.19. The SMILES string of the molecule is Fc1ncc(-c2ccncc2)c(F)n1. The zero-order valence-electron chi connectivity index (χ0n) is 6.98. The number of hydrogen-bond donors (Lipinski definition) is 0. The van der Waals surface area contributed by atoms with E-state index in [9.17, 15) is 8.78 Å². The Morgan fingerprint density at radius 1 is 1.07 bits per heavy atom. The molecule has 14 heavy (non-hydrogen) atoms. The van der Waals surface area contributed by atoms with Gasteiger partial charge in [-0.1, -0.05) is 0 Å². The molecule has 0 atom stereocenters. The van der Waals surface area contributed by atoms with Gasteiger partial charge in [0.25, 0.3) is 0 Å². The topological polar surface area (TPSA) is 38.7 Å². The van der Waals surface area contributed by atoms with Gasteiger partial charge in [0, 0.05) is 18.6 Å². The summed E-state index contributed by atoms with van der Waals surface area (Å²) in [5, 5.41) is 0. The van der Waals surface area contributed by atoms with Crippen LogP contribution in [0.4, 0.5) is 8.78 Å². The van der Waals surface area contributed by atoms with Crippen LogP contribution in [0.5, 0.6) is 0 Å².